The van der Waals surface area contributed by atoms with Gasteiger partial charge < -0.3 is 14.6 Å². The van der Waals surface area contributed by atoms with Gasteiger partial charge in [-0.05, 0) is 39.2 Å². The number of aliphatic hydroxyl groups is 1. The van der Waals surface area contributed by atoms with E-state index in [0.717, 1.165) is 0 Å². The van der Waals surface area contributed by atoms with Gasteiger partial charge in [0.1, 0.15) is 0 Å². The first-order valence-corrected chi connectivity index (χ1v) is 7.83. The van der Waals surface area contributed by atoms with Crippen molar-refractivity contribution in [2.24, 2.45) is 5.10 Å². The molecule has 2 rings (SSSR count). The number of nitrogens with zero attached hydrogens (tertiary/aromatic N) is 1. The first-order chi connectivity index (χ1) is 11.6. The van der Waals surface area contributed by atoms with E-state index in [9.17, 15) is 9.90 Å². The van der Waals surface area contributed by atoms with E-state index >= 15 is 0 Å². The summed E-state index contributed by atoms with van der Waals surface area (Å²) in [5.41, 5.74) is 3.50. The highest BCUT2D eigenvalue weighted by atomic mass is 79.9. The van der Waals surface area contributed by atoms with Gasteiger partial charge >= 0.3 is 0 Å². The van der Waals surface area contributed by atoms with Gasteiger partial charge in [0.2, 0.25) is 0 Å². The van der Waals surface area contributed by atoms with Crippen molar-refractivity contribution in [2.45, 2.75) is 6.10 Å². The summed E-state index contributed by atoms with van der Waals surface area (Å²) < 4.78 is 11.2. The van der Waals surface area contributed by atoms with Crippen LogP contribution in [0.5, 0.6) is 11.5 Å². The van der Waals surface area contributed by atoms with Crippen LogP contribution < -0.4 is 14.9 Å². The Morgan fingerprint density at radius 1 is 1.25 bits per heavy atom. The Morgan fingerprint density at radius 3 is 2.58 bits per heavy atom. The van der Waals surface area contributed by atoms with Gasteiger partial charge in [-0.2, -0.15) is 5.10 Å². The van der Waals surface area contributed by atoms with Gasteiger partial charge in [-0.1, -0.05) is 30.3 Å². The van der Waals surface area contributed by atoms with Gasteiger partial charge in [0.05, 0.1) is 24.9 Å². The zero-order chi connectivity index (χ0) is 17.5. The molecule has 2 aromatic carbocycles. The van der Waals surface area contributed by atoms with Crippen molar-refractivity contribution >= 4 is 28.1 Å². The lowest BCUT2D eigenvalue weighted by Crippen LogP contribution is -2.25. The molecule has 6 nitrogen and oxygen atoms in total. The van der Waals surface area contributed by atoms with Gasteiger partial charge in [0.15, 0.2) is 17.6 Å². The van der Waals surface area contributed by atoms with Crippen LogP contribution in [0.3, 0.4) is 0 Å². The van der Waals surface area contributed by atoms with Crippen LogP contribution in [0.15, 0.2) is 52.0 Å². The lowest BCUT2D eigenvalue weighted by Gasteiger charge is -2.10. The number of hydrazone groups is 1. The zero-order valence-corrected chi connectivity index (χ0v) is 14.8. The number of carbonyl (C=O) groups excluding carboxylic acids is 1. The Kier molecular flexibility index (Phi) is 6.34. The van der Waals surface area contributed by atoms with E-state index in [4.69, 9.17) is 9.47 Å². The Bertz CT molecular complexity index is 735. The Hall–Kier alpha value is -2.38. The third-order valence-corrected chi connectivity index (χ3v) is 3.80. The first kappa shape index (κ1) is 18.0. The number of nitrogens with one attached hydrogen (secondary N) is 1. The molecule has 0 aliphatic heterocycles. The third-order valence-electron chi connectivity index (χ3n) is 3.21. The molecule has 0 aliphatic rings. The van der Waals surface area contributed by atoms with Crippen molar-refractivity contribution in [1.82, 2.24) is 5.43 Å². The minimum atomic E-state index is -1.28. The van der Waals surface area contributed by atoms with E-state index in [1.807, 2.05) is 0 Å². The van der Waals surface area contributed by atoms with Crippen molar-refractivity contribution in [1.29, 1.82) is 0 Å². The van der Waals surface area contributed by atoms with E-state index in [-0.39, 0.29) is 0 Å². The molecule has 0 radical (unpaired) electrons. The molecule has 1 amide bonds. The second kappa shape index (κ2) is 8.47. The number of hydrogen-bond donors (Lipinski definition) is 2. The molecule has 0 fully saturated rings. The smallest absolute Gasteiger partial charge is 0.273 e. The summed E-state index contributed by atoms with van der Waals surface area (Å²) in [6.45, 7) is 0. The van der Waals surface area contributed by atoms with Crippen LogP contribution in [0.2, 0.25) is 0 Å². The number of hydrogen-bond acceptors (Lipinski definition) is 5. The summed E-state index contributed by atoms with van der Waals surface area (Å²) in [5, 5.41) is 13.8. The summed E-state index contributed by atoms with van der Waals surface area (Å²) >= 11 is 3.38. The van der Waals surface area contributed by atoms with Crippen molar-refractivity contribution in [2.75, 3.05) is 14.2 Å². The Labute approximate surface area is 148 Å². The molecule has 0 spiro atoms. The fraction of sp³-hybridized carbons (Fsp3) is 0.176. The number of rotatable bonds is 6. The maximum absolute atomic E-state index is 11.9. The molecule has 0 saturated carbocycles. The number of carbonyl (C=O) groups is 1. The van der Waals surface area contributed by atoms with Crippen LogP contribution in [0.25, 0.3) is 0 Å². The minimum absolute atomic E-state index is 0.499. The van der Waals surface area contributed by atoms with Gasteiger partial charge in [-0.3, -0.25) is 4.79 Å². The maximum atomic E-state index is 11.9. The molecule has 7 heteroatoms. The molecule has 0 bridgehead atoms. The van der Waals surface area contributed by atoms with Crippen LogP contribution in [-0.4, -0.2) is 31.4 Å². The number of aliphatic hydroxyl groups excluding tert-OH is 1. The van der Waals surface area contributed by atoms with Crippen molar-refractivity contribution in [3.05, 3.63) is 58.1 Å². The predicted octanol–water partition coefficient (Wildman–Crippen LogP) is 2.65. The van der Waals surface area contributed by atoms with Crippen molar-refractivity contribution in [3.63, 3.8) is 0 Å². The van der Waals surface area contributed by atoms with E-state index in [1.54, 1.807) is 49.6 Å². The van der Waals surface area contributed by atoms with Crippen molar-refractivity contribution < 1.29 is 19.4 Å². The summed E-state index contributed by atoms with van der Waals surface area (Å²) in [5.74, 6) is 0.485. The Balaban J connectivity index is 2.06. The van der Waals surface area contributed by atoms with Crippen LogP contribution in [-0.2, 0) is 4.79 Å². The zero-order valence-electron chi connectivity index (χ0n) is 13.2. The largest absolute Gasteiger partial charge is 0.493 e. The number of halogens is 1. The van der Waals surface area contributed by atoms with Crippen LogP contribution >= 0.6 is 15.9 Å². The van der Waals surface area contributed by atoms with Gasteiger partial charge in [-0.25, -0.2) is 5.43 Å². The maximum Gasteiger partial charge on any atom is 0.273 e. The molecule has 0 aromatic heterocycles. The van der Waals surface area contributed by atoms with E-state index < -0.39 is 12.0 Å². The van der Waals surface area contributed by atoms with Crippen LogP contribution in [0.4, 0.5) is 0 Å². The highest BCUT2D eigenvalue weighted by Crippen LogP contribution is 2.35. The standard InChI is InChI=1S/C17H17BrN2O4/c1-23-14-9-11(8-13(18)16(14)24-2)10-19-20-17(22)15(21)12-6-4-3-5-7-12/h3-10,15,21H,1-2H3,(H,20,22)/b19-10+. The van der Waals surface area contributed by atoms with Gasteiger partial charge in [-0.15, -0.1) is 0 Å². The predicted molar refractivity (Wildman–Crippen MR) is 94.4 cm³/mol. The average Bonchev–Trinajstić information content (AvgIpc) is 2.61. The molecule has 0 aliphatic carbocycles. The lowest BCUT2D eigenvalue weighted by molar-refractivity contribution is -0.129. The number of benzene rings is 2. The molecule has 0 saturated heterocycles. The van der Waals surface area contributed by atoms with E-state index in [2.05, 4.69) is 26.5 Å². The molecule has 126 valence electrons. The van der Waals surface area contributed by atoms with E-state index in [1.165, 1.54) is 13.3 Å². The van der Waals surface area contributed by atoms with Crippen molar-refractivity contribution in [3.8, 4) is 11.5 Å². The van der Waals surface area contributed by atoms with Crippen LogP contribution in [0.1, 0.15) is 17.2 Å². The number of methoxy groups -OCH3 is 2. The molecule has 24 heavy (non-hydrogen) atoms. The normalized spacial score (nSPS) is 12.0. The average molecular weight is 393 g/mol. The number of ether oxygens (including phenoxy) is 2. The summed E-state index contributed by atoms with van der Waals surface area (Å²) in [6.07, 6.45) is 0.169. The Morgan fingerprint density at radius 2 is 1.96 bits per heavy atom. The summed E-state index contributed by atoms with van der Waals surface area (Å²) in [4.78, 5) is 11.9. The first-order valence-electron chi connectivity index (χ1n) is 7.04. The second-order valence-corrected chi connectivity index (χ2v) is 5.64. The summed E-state index contributed by atoms with van der Waals surface area (Å²) in [6, 6.07) is 12.1. The van der Waals surface area contributed by atoms with Gasteiger partial charge in [0, 0.05) is 0 Å². The summed E-state index contributed by atoms with van der Waals surface area (Å²) in [7, 11) is 3.07. The fourth-order valence-corrected chi connectivity index (χ4v) is 2.65. The highest BCUT2D eigenvalue weighted by Gasteiger charge is 2.16. The molecular formula is C17H17BrN2O4. The molecule has 2 N–H and O–H groups in total. The molecule has 0 heterocycles. The highest BCUT2D eigenvalue weighted by molar-refractivity contribution is 9.10. The third kappa shape index (κ3) is 4.33. The lowest BCUT2D eigenvalue weighted by atomic mass is 10.1. The molecule has 2 aromatic rings. The second-order valence-electron chi connectivity index (χ2n) is 4.79. The molecule has 1 atom stereocenters. The van der Waals surface area contributed by atoms with Crippen LogP contribution in [0, 0.1) is 0 Å². The monoisotopic (exact) mass is 392 g/mol. The quantitative estimate of drug-likeness (QED) is 0.584. The minimum Gasteiger partial charge on any atom is -0.493 e. The topological polar surface area (TPSA) is 80.2 Å². The number of amides is 1. The molecule has 1 unspecified atom stereocenters. The van der Waals surface area contributed by atoms with Gasteiger partial charge in [0.25, 0.3) is 5.91 Å². The fourth-order valence-electron chi connectivity index (χ4n) is 2.03. The van der Waals surface area contributed by atoms with E-state index in [0.29, 0.717) is 27.1 Å². The SMILES string of the molecule is COc1cc(/C=N/NC(=O)C(O)c2ccccc2)cc(Br)c1OC. The molecular weight excluding hydrogens is 376 g/mol.